The summed E-state index contributed by atoms with van der Waals surface area (Å²) in [5.41, 5.74) is 0.113. The minimum Gasteiger partial charge on any atom is -0.508 e. The summed E-state index contributed by atoms with van der Waals surface area (Å²) in [7, 11) is 0. The Morgan fingerprint density at radius 2 is 2.06 bits per heavy atom. The molecule has 0 bridgehead atoms. The first kappa shape index (κ1) is 11.0. The highest BCUT2D eigenvalue weighted by atomic mass is 16.5. The first-order chi connectivity index (χ1) is 7.62. The van der Waals surface area contributed by atoms with Crippen molar-refractivity contribution in [3.05, 3.63) is 29.8 Å². The van der Waals surface area contributed by atoms with Crippen molar-refractivity contribution in [2.24, 2.45) is 5.41 Å². The molecule has 1 saturated heterocycles. The molecular weight excluding hydrogens is 208 g/mol. The average molecular weight is 222 g/mol. The zero-order chi connectivity index (χ0) is 11.6. The van der Waals surface area contributed by atoms with E-state index in [1.807, 2.05) is 0 Å². The summed E-state index contributed by atoms with van der Waals surface area (Å²) in [6.45, 7) is 0.771. The second-order valence-electron chi connectivity index (χ2n) is 4.23. The molecule has 1 aliphatic heterocycles. The number of carboxylic acid groups (broad SMARTS) is 1. The van der Waals surface area contributed by atoms with Crippen LogP contribution in [0.15, 0.2) is 24.3 Å². The van der Waals surface area contributed by atoms with Crippen LogP contribution in [-0.2, 0) is 16.0 Å². The SMILES string of the molecule is O=C(O)C1(Cc2ccc(O)cc2)CCOC1. The average Bonchev–Trinajstić information content (AvgIpc) is 2.71. The van der Waals surface area contributed by atoms with Gasteiger partial charge in [-0.2, -0.15) is 0 Å². The Hall–Kier alpha value is -1.55. The van der Waals surface area contributed by atoms with E-state index in [1.165, 1.54) is 0 Å². The lowest BCUT2D eigenvalue weighted by Crippen LogP contribution is -2.33. The fraction of sp³-hybridized carbons (Fsp3) is 0.417. The van der Waals surface area contributed by atoms with Crippen molar-refractivity contribution >= 4 is 5.97 Å². The van der Waals surface area contributed by atoms with E-state index in [9.17, 15) is 9.90 Å². The number of carboxylic acids is 1. The Kier molecular flexibility index (Phi) is 2.83. The van der Waals surface area contributed by atoms with Gasteiger partial charge in [0.1, 0.15) is 5.75 Å². The lowest BCUT2D eigenvalue weighted by molar-refractivity contribution is -0.148. The van der Waals surface area contributed by atoms with Gasteiger partial charge in [0.25, 0.3) is 0 Å². The molecule has 1 aromatic rings. The van der Waals surface area contributed by atoms with E-state index in [0.29, 0.717) is 19.4 Å². The van der Waals surface area contributed by atoms with Gasteiger partial charge < -0.3 is 14.9 Å². The standard InChI is InChI=1S/C12H14O4/c13-10-3-1-9(2-4-10)7-12(11(14)15)5-6-16-8-12/h1-4,13H,5-8H2,(H,14,15). The smallest absolute Gasteiger partial charge is 0.312 e. The zero-order valence-electron chi connectivity index (χ0n) is 8.85. The Morgan fingerprint density at radius 3 is 2.56 bits per heavy atom. The van der Waals surface area contributed by atoms with Crippen LogP contribution >= 0.6 is 0 Å². The number of benzene rings is 1. The Bertz CT molecular complexity index is 377. The maximum atomic E-state index is 11.3. The minimum atomic E-state index is -0.807. The molecule has 2 N–H and O–H groups in total. The number of aliphatic carboxylic acids is 1. The fourth-order valence-electron chi connectivity index (χ4n) is 2.00. The number of hydrogen-bond acceptors (Lipinski definition) is 3. The highest BCUT2D eigenvalue weighted by Crippen LogP contribution is 2.33. The zero-order valence-corrected chi connectivity index (χ0v) is 8.85. The highest BCUT2D eigenvalue weighted by Gasteiger charge is 2.42. The van der Waals surface area contributed by atoms with Crippen molar-refractivity contribution in [2.75, 3.05) is 13.2 Å². The van der Waals surface area contributed by atoms with E-state index >= 15 is 0 Å². The molecule has 4 nitrogen and oxygen atoms in total. The van der Waals surface area contributed by atoms with Gasteiger partial charge in [0.15, 0.2) is 0 Å². The summed E-state index contributed by atoms with van der Waals surface area (Å²) in [5.74, 6) is -0.617. The van der Waals surface area contributed by atoms with E-state index in [4.69, 9.17) is 9.84 Å². The van der Waals surface area contributed by atoms with Gasteiger partial charge in [0.05, 0.1) is 12.0 Å². The summed E-state index contributed by atoms with van der Waals surface area (Å²) < 4.78 is 5.19. The summed E-state index contributed by atoms with van der Waals surface area (Å²) in [6.07, 6.45) is 0.992. The molecule has 0 amide bonds. The number of phenolic OH excluding ortho intramolecular Hbond substituents is 1. The van der Waals surface area contributed by atoms with E-state index in [0.717, 1.165) is 5.56 Å². The molecule has 0 radical (unpaired) electrons. The lowest BCUT2D eigenvalue weighted by Gasteiger charge is -2.21. The van der Waals surface area contributed by atoms with Gasteiger partial charge in [0, 0.05) is 6.61 Å². The predicted molar refractivity (Wildman–Crippen MR) is 57.3 cm³/mol. The third-order valence-corrected chi connectivity index (χ3v) is 3.04. The van der Waals surface area contributed by atoms with E-state index in [-0.39, 0.29) is 12.4 Å². The van der Waals surface area contributed by atoms with Crippen LogP contribution < -0.4 is 0 Å². The molecule has 0 aliphatic carbocycles. The molecular formula is C12H14O4. The van der Waals surface area contributed by atoms with Crippen molar-refractivity contribution in [1.29, 1.82) is 0 Å². The molecule has 2 rings (SSSR count). The van der Waals surface area contributed by atoms with Gasteiger partial charge in [-0.05, 0) is 30.5 Å². The van der Waals surface area contributed by atoms with Crippen molar-refractivity contribution in [2.45, 2.75) is 12.8 Å². The van der Waals surface area contributed by atoms with Crippen LogP contribution in [-0.4, -0.2) is 29.4 Å². The van der Waals surface area contributed by atoms with Crippen LogP contribution in [0.4, 0.5) is 0 Å². The van der Waals surface area contributed by atoms with Gasteiger partial charge >= 0.3 is 5.97 Å². The molecule has 0 spiro atoms. The quantitative estimate of drug-likeness (QED) is 0.811. The van der Waals surface area contributed by atoms with Crippen LogP contribution in [0.25, 0.3) is 0 Å². The van der Waals surface area contributed by atoms with Gasteiger partial charge in [-0.3, -0.25) is 4.79 Å². The number of rotatable bonds is 3. The van der Waals surface area contributed by atoms with Crippen LogP contribution in [0.2, 0.25) is 0 Å². The van der Waals surface area contributed by atoms with E-state index < -0.39 is 11.4 Å². The topological polar surface area (TPSA) is 66.8 Å². The fourth-order valence-corrected chi connectivity index (χ4v) is 2.00. The van der Waals surface area contributed by atoms with Crippen molar-refractivity contribution in [3.63, 3.8) is 0 Å². The molecule has 4 heteroatoms. The molecule has 0 aromatic heterocycles. The molecule has 16 heavy (non-hydrogen) atoms. The van der Waals surface area contributed by atoms with Crippen LogP contribution in [0.3, 0.4) is 0 Å². The summed E-state index contributed by atoms with van der Waals surface area (Å²) in [5, 5.41) is 18.4. The summed E-state index contributed by atoms with van der Waals surface area (Å²) in [6, 6.07) is 6.64. The maximum absolute atomic E-state index is 11.3. The maximum Gasteiger partial charge on any atom is 0.312 e. The second kappa shape index (κ2) is 4.14. The number of phenols is 1. The van der Waals surface area contributed by atoms with Crippen LogP contribution in [0.5, 0.6) is 5.75 Å². The largest absolute Gasteiger partial charge is 0.508 e. The van der Waals surface area contributed by atoms with Crippen molar-refractivity contribution in [3.8, 4) is 5.75 Å². The molecule has 1 aliphatic rings. The summed E-state index contributed by atoms with van der Waals surface area (Å²) in [4.78, 5) is 11.3. The third kappa shape index (κ3) is 2.02. The lowest BCUT2D eigenvalue weighted by atomic mass is 9.81. The molecule has 0 saturated carbocycles. The van der Waals surface area contributed by atoms with E-state index in [2.05, 4.69) is 0 Å². The Balaban J connectivity index is 2.18. The van der Waals surface area contributed by atoms with Crippen molar-refractivity contribution < 1.29 is 19.7 Å². The number of carbonyl (C=O) groups is 1. The number of hydrogen-bond donors (Lipinski definition) is 2. The highest BCUT2D eigenvalue weighted by molar-refractivity contribution is 5.75. The van der Waals surface area contributed by atoms with Crippen LogP contribution in [0, 0.1) is 5.41 Å². The molecule has 1 aromatic carbocycles. The predicted octanol–water partition coefficient (Wildman–Crippen LogP) is 1.43. The monoisotopic (exact) mass is 222 g/mol. The van der Waals surface area contributed by atoms with Crippen molar-refractivity contribution in [1.82, 2.24) is 0 Å². The van der Waals surface area contributed by atoms with Gasteiger partial charge in [-0.15, -0.1) is 0 Å². The number of aromatic hydroxyl groups is 1. The molecule has 1 unspecified atom stereocenters. The first-order valence-corrected chi connectivity index (χ1v) is 5.21. The second-order valence-corrected chi connectivity index (χ2v) is 4.23. The van der Waals surface area contributed by atoms with Gasteiger partial charge in [-0.25, -0.2) is 0 Å². The molecule has 86 valence electrons. The normalized spacial score (nSPS) is 24.5. The molecule has 1 fully saturated rings. The van der Waals surface area contributed by atoms with Gasteiger partial charge in [0.2, 0.25) is 0 Å². The first-order valence-electron chi connectivity index (χ1n) is 5.21. The molecule has 1 heterocycles. The Labute approximate surface area is 93.5 Å². The van der Waals surface area contributed by atoms with Crippen LogP contribution in [0.1, 0.15) is 12.0 Å². The molecule has 1 atom stereocenters. The third-order valence-electron chi connectivity index (χ3n) is 3.04. The Morgan fingerprint density at radius 1 is 1.38 bits per heavy atom. The minimum absolute atomic E-state index is 0.191. The van der Waals surface area contributed by atoms with E-state index in [1.54, 1.807) is 24.3 Å². The number of ether oxygens (including phenoxy) is 1. The summed E-state index contributed by atoms with van der Waals surface area (Å²) >= 11 is 0. The van der Waals surface area contributed by atoms with Gasteiger partial charge in [-0.1, -0.05) is 12.1 Å².